The number of nitrogens with two attached hydrogens (primary N) is 1. The van der Waals surface area contributed by atoms with Gasteiger partial charge in [-0.15, -0.1) is 0 Å². The zero-order valence-electron chi connectivity index (χ0n) is 11.2. The molecule has 1 heterocycles. The largest absolute Gasteiger partial charge is 0.349 e. The molecule has 4 N–H and O–H groups in total. The van der Waals surface area contributed by atoms with Crippen molar-refractivity contribution in [2.24, 2.45) is 11.3 Å². The third kappa shape index (κ3) is 3.36. The second-order valence-electron chi connectivity index (χ2n) is 5.78. The summed E-state index contributed by atoms with van der Waals surface area (Å²) in [5, 5.41) is 3.36. The highest BCUT2D eigenvalue weighted by atomic mass is 35.5. The molecule has 6 heteroatoms. The average molecular weight is 283 g/mol. The van der Waals surface area contributed by atoms with Gasteiger partial charge in [-0.2, -0.15) is 0 Å². The minimum atomic E-state index is -0.138. The van der Waals surface area contributed by atoms with Crippen molar-refractivity contribution >= 4 is 23.3 Å². The summed E-state index contributed by atoms with van der Waals surface area (Å²) in [4.78, 5) is 16.1. The summed E-state index contributed by atoms with van der Waals surface area (Å²) in [7, 11) is 0. The number of hydrogen-bond donors (Lipinski definition) is 3. The van der Waals surface area contributed by atoms with Crippen LogP contribution in [0.15, 0.2) is 12.3 Å². The van der Waals surface area contributed by atoms with Crippen LogP contribution in [0, 0.1) is 5.41 Å². The SMILES string of the molecule is CC1(C)CCC(NC(=O)c2cnc(NN)c(Cl)c2)C1. The van der Waals surface area contributed by atoms with Gasteiger partial charge in [0.05, 0.1) is 10.6 Å². The topological polar surface area (TPSA) is 80.0 Å². The van der Waals surface area contributed by atoms with Crippen LogP contribution in [-0.4, -0.2) is 16.9 Å². The van der Waals surface area contributed by atoms with Crippen molar-refractivity contribution in [3.8, 4) is 0 Å². The van der Waals surface area contributed by atoms with Gasteiger partial charge in [-0.25, -0.2) is 10.8 Å². The first-order chi connectivity index (χ1) is 8.91. The molecular formula is C13H19ClN4O. The number of rotatable bonds is 3. The number of halogens is 1. The molecule has 1 aliphatic rings. The minimum absolute atomic E-state index is 0.138. The Morgan fingerprint density at radius 2 is 2.32 bits per heavy atom. The number of aromatic nitrogens is 1. The Kier molecular flexibility index (Phi) is 3.96. The van der Waals surface area contributed by atoms with Crippen molar-refractivity contribution in [1.29, 1.82) is 0 Å². The van der Waals surface area contributed by atoms with Gasteiger partial charge in [0.25, 0.3) is 5.91 Å². The van der Waals surface area contributed by atoms with Gasteiger partial charge in [0.1, 0.15) is 0 Å². The number of anilines is 1. The van der Waals surface area contributed by atoms with Crippen LogP contribution in [0.4, 0.5) is 5.82 Å². The van der Waals surface area contributed by atoms with E-state index in [9.17, 15) is 4.79 Å². The van der Waals surface area contributed by atoms with Gasteiger partial charge in [-0.1, -0.05) is 25.4 Å². The van der Waals surface area contributed by atoms with Crippen molar-refractivity contribution in [2.75, 3.05) is 5.43 Å². The Morgan fingerprint density at radius 1 is 1.58 bits per heavy atom. The fourth-order valence-corrected chi connectivity index (χ4v) is 2.72. The van der Waals surface area contributed by atoms with Crippen LogP contribution < -0.4 is 16.6 Å². The van der Waals surface area contributed by atoms with Crippen molar-refractivity contribution < 1.29 is 4.79 Å². The van der Waals surface area contributed by atoms with Crippen LogP contribution in [-0.2, 0) is 0 Å². The molecule has 0 radical (unpaired) electrons. The lowest BCUT2D eigenvalue weighted by Crippen LogP contribution is -2.33. The monoisotopic (exact) mass is 282 g/mol. The molecule has 104 valence electrons. The second kappa shape index (κ2) is 5.35. The Bertz CT molecular complexity index is 490. The molecule has 1 aliphatic carbocycles. The standard InChI is InChI=1S/C13H19ClN4O/c1-13(2)4-3-9(6-13)17-12(19)8-5-10(14)11(18-15)16-7-8/h5,7,9H,3-4,6,15H2,1-2H3,(H,16,18)(H,17,19). The first kappa shape index (κ1) is 14.1. The first-order valence-corrected chi connectivity index (χ1v) is 6.72. The summed E-state index contributed by atoms with van der Waals surface area (Å²) < 4.78 is 0. The van der Waals surface area contributed by atoms with Crippen LogP contribution in [0.1, 0.15) is 43.5 Å². The van der Waals surface area contributed by atoms with E-state index in [-0.39, 0.29) is 11.9 Å². The van der Waals surface area contributed by atoms with E-state index in [4.69, 9.17) is 17.4 Å². The Hall–Kier alpha value is -1.33. The second-order valence-corrected chi connectivity index (χ2v) is 6.18. The van der Waals surface area contributed by atoms with Crippen LogP contribution in [0.5, 0.6) is 0 Å². The highest BCUT2D eigenvalue weighted by Gasteiger charge is 2.31. The van der Waals surface area contributed by atoms with E-state index in [0.29, 0.717) is 21.8 Å². The van der Waals surface area contributed by atoms with Crippen LogP contribution in [0.3, 0.4) is 0 Å². The Balaban J connectivity index is 2.02. The average Bonchev–Trinajstić information content (AvgIpc) is 2.68. The summed E-state index contributed by atoms with van der Waals surface area (Å²) in [5.41, 5.74) is 3.13. The number of hydrazine groups is 1. The third-order valence-corrected chi connectivity index (χ3v) is 3.83. The molecule has 0 bridgehead atoms. The third-order valence-electron chi connectivity index (χ3n) is 3.54. The summed E-state index contributed by atoms with van der Waals surface area (Å²) in [6.07, 6.45) is 4.62. The molecule has 0 aromatic carbocycles. The van der Waals surface area contributed by atoms with Crippen molar-refractivity contribution in [3.05, 3.63) is 22.8 Å². The van der Waals surface area contributed by atoms with Gasteiger partial charge in [0, 0.05) is 12.2 Å². The molecule has 2 rings (SSSR count). The number of carbonyl (C=O) groups is 1. The van der Waals surface area contributed by atoms with Gasteiger partial charge in [-0.05, 0) is 30.7 Å². The van der Waals surface area contributed by atoms with Crippen molar-refractivity contribution in [1.82, 2.24) is 10.3 Å². The molecule has 0 saturated heterocycles. The molecule has 1 unspecified atom stereocenters. The summed E-state index contributed by atoms with van der Waals surface area (Å²) >= 11 is 5.95. The lowest BCUT2D eigenvalue weighted by atomic mass is 9.92. The summed E-state index contributed by atoms with van der Waals surface area (Å²) in [6.45, 7) is 4.44. The number of nitrogens with zero attached hydrogens (tertiary/aromatic N) is 1. The molecule has 0 aliphatic heterocycles. The zero-order valence-corrected chi connectivity index (χ0v) is 11.9. The molecule has 19 heavy (non-hydrogen) atoms. The van der Waals surface area contributed by atoms with Crippen molar-refractivity contribution in [3.63, 3.8) is 0 Å². The molecule has 5 nitrogen and oxygen atoms in total. The number of pyridine rings is 1. The fourth-order valence-electron chi connectivity index (χ4n) is 2.50. The number of nitrogens with one attached hydrogen (secondary N) is 2. The van der Waals surface area contributed by atoms with E-state index in [1.807, 2.05) is 0 Å². The van der Waals surface area contributed by atoms with Gasteiger partial charge in [0.2, 0.25) is 0 Å². The summed E-state index contributed by atoms with van der Waals surface area (Å²) in [5.74, 6) is 5.46. The maximum Gasteiger partial charge on any atom is 0.253 e. The first-order valence-electron chi connectivity index (χ1n) is 6.34. The molecule has 1 aromatic heterocycles. The van der Waals surface area contributed by atoms with Crippen LogP contribution in [0.2, 0.25) is 5.02 Å². The highest BCUT2D eigenvalue weighted by molar-refractivity contribution is 6.33. The molecule has 1 amide bonds. The van der Waals surface area contributed by atoms with Crippen LogP contribution >= 0.6 is 11.6 Å². The van der Waals surface area contributed by atoms with E-state index in [1.165, 1.54) is 6.20 Å². The van der Waals surface area contributed by atoms with E-state index in [0.717, 1.165) is 19.3 Å². The smallest absolute Gasteiger partial charge is 0.253 e. The Morgan fingerprint density at radius 3 is 2.84 bits per heavy atom. The molecule has 1 fully saturated rings. The normalized spacial score (nSPS) is 21.2. The van der Waals surface area contributed by atoms with Gasteiger partial charge in [-0.3, -0.25) is 4.79 Å². The summed E-state index contributed by atoms with van der Waals surface area (Å²) in [6, 6.07) is 1.80. The molecule has 1 saturated carbocycles. The predicted octanol–water partition coefficient (Wildman–Crippen LogP) is 2.33. The zero-order chi connectivity index (χ0) is 14.0. The maximum absolute atomic E-state index is 12.1. The van der Waals surface area contributed by atoms with E-state index in [1.54, 1.807) is 6.07 Å². The van der Waals surface area contributed by atoms with Gasteiger partial charge < -0.3 is 10.7 Å². The number of nitrogen functional groups attached to an aromatic ring is 1. The highest BCUT2D eigenvalue weighted by Crippen LogP contribution is 2.37. The molecule has 1 atom stereocenters. The van der Waals surface area contributed by atoms with Gasteiger partial charge >= 0.3 is 0 Å². The molecular weight excluding hydrogens is 264 g/mol. The fraction of sp³-hybridized carbons (Fsp3) is 0.538. The van der Waals surface area contributed by atoms with Crippen molar-refractivity contribution in [2.45, 2.75) is 39.2 Å². The van der Waals surface area contributed by atoms with E-state index < -0.39 is 0 Å². The molecule has 1 aromatic rings. The van der Waals surface area contributed by atoms with E-state index in [2.05, 4.69) is 29.6 Å². The maximum atomic E-state index is 12.1. The van der Waals surface area contributed by atoms with Gasteiger partial charge in [0.15, 0.2) is 5.82 Å². The quantitative estimate of drug-likeness (QED) is 0.587. The number of carbonyl (C=O) groups excluding carboxylic acids is 1. The van der Waals surface area contributed by atoms with E-state index >= 15 is 0 Å². The number of hydrogen-bond acceptors (Lipinski definition) is 4. The number of amides is 1. The Labute approximate surface area is 117 Å². The molecule has 0 spiro atoms. The lowest BCUT2D eigenvalue weighted by Gasteiger charge is -2.18. The predicted molar refractivity (Wildman–Crippen MR) is 75.9 cm³/mol. The van der Waals surface area contributed by atoms with Crippen LogP contribution in [0.25, 0.3) is 0 Å². The minimum Gasteiger partial charge on any atom is -0.349 e. The lowest BCUT2D eigenvalue weighted by molar-refractivity contribution is 0.0935.